The first-order chi connectivity index (χ1) is 11.5. The summed E-state index contributed by atoms with van der Waals surface area (Å²) in [6.45, 7) is 0. The summed E-state index contributed by atoms with van der Waals surface area (Å²) in [4.78, 5) is 0. The van der Waals surface area contributed by atoms with Crippen LogP contribution >= 0.6 is 23.2 Å². The third-order valence-corrected chi connectivity index (χ3v) is 3.76. The van der Waals surface area contributed by atoms with Gasteiger partial charge in [0, 0.05) is 11.6 Å². The predicted octanol–water partition coefficient (Wildman–Crippen LogP) is 4.42. The Labute approximate surface area is 148 Å². The summed E-state index contributed by atoms with van der Waals surface area (Å²) >= 11 is 11.8. The van der Waals surface area contributed by atoms with Crippen molar-refractivity contribution in [2.24, 2.45) is 5.73 Å². The molecule has 2 rings (SSSR count). The topological polar surface area (TPSA) is 111 Å². The van der Waals surface area contributed by atoms with Crippen LogP contribution in [0.3, 0.4) is 0 Å². The molecule has 24 heavy (non-hydrogen) atoms. The van der Waals surface area contributed by atoms with Crippen molar-refractivity contribution in [1.29, 1.82) is 15.8 Å². The highest BCUT2D eigenvalue weighted by Gasteiger charge is 2.10. The molecule has 1 aromatic heterocycles. The second-order valence-electron chi connectivity index (χ2n) is 4.51. The van der Waals surface area contributed by atoms with Gasteiger partial charge >= 0.3 is 0 Å². The Morgan fingerprint density at radius 1 is 1.00 bits per heavy atom. The quantitative estimate of drug-likeness (QED) is 0.647. The molecule has 1 heterocycles. The van der Waals surface area contributed by atoms with E-state index in [1.807, 2.05) is 6.07 Å². The number of nitrogens with zero attached hydrogens (tertiary/aromatic N) is 3. The number of nitrogens with two attached hydrogens (primary N) is 1. The van der Waals surface area contributed by atoms with E-state index in [0.717, 1.165) is 0 Å². The van der Waals surface area contributed by atoms with E-state index < -0.39 is 0 Å². The van der Waals surface area contributed by atoms with Crippen LogP contribution in [0.5, 0.6) is 0 Å². The summed E-state index contributed by atoms with van der Waals surface area (Å²) in [5, 5.41) is 27.6. The zero-order valence-electron chi connectivity index (χ0n) is 12.0. The van der Waals surface area contributed by atoms with Crippen LogP contribution in [0.2, 0.25) is 10.0 Å². The molecule has 0 aliphatic carbocycles. The van der Waals surface area contributed by atoms with Gasteiger partial charge in [-0.25, -0.2) is 0 Å². The number of hydrogen-bond acceptors (Lipinski definition) is 5. The van der Waals surface area contributed by atoms with E-state index in [0.29, 0.717) is 27.1 Å². The maximum Gasteiger partial charge on any atom is 0.153 e. The van der Waals surface area contributed by atoms with Gasteiger partial charge in [0.25, 0.3) is 0 Å². The number of nitriles is 3. The number of hydrogen-bond donors (Lipinski definition) is 1. The van der Waals surface area contributed by atoms with Gasteiger partial charge in [-0.3, -0.25) is 0 Å². The molecule has 0 saturated carbocycles. The largest absolute Gasteiger partial charge is 0.457 e. The lowest BCUT2D eigenvalue weighted by Crippen LogP contribution is -2.03. The summed E-state index contributed by atoms with van der Waals surface area (Å²) in [5.41, 5.74) is 5.80. The molecular weight excluding hydrogens is 347 g/mol. The van der Waals surface area contributed by atoms with Crippen molar-refractivity contribution in [3.8, 4) is 29.5 Å². The Balaban J connectivity index is 2.42. The first-order valence-electron chi connectivity index (χ1n) is 6.47. The van der Waals surface area contributed by atoms with Gasteiger partial charge in [0.05, 0.1) is 21.3 Å². The molecule has 2 aromatic rings. The van der Waals surface area contributed by atoms with E-state index in [2.05, 4.69) is 0 Å². The zero-order valence-corrected chi connectivity index (χ0v) is 13.6. The first-order valence-corrected chi connectivity index (χ1v) is 7.23. The number of rotatable bonds is 3. The third-order valence-electron chi connectivity index (χ3n) is 3.02. The van der Waals surface area contributed by atoms with Gasteiger partial charge in [-0.05, 0) is 30.3 Å². The summed E-state index contributed by atoms with van der Waals surface area (Å²) in [7, 11) is 0. The summed E-state index contributed by atoms with van der Waals surface area (Å²) in [5.74, 6) is 0.853. The van der Waals surface area contributed by atoms with Crippen molar-refractivity contribution in [3.05, 3.63) is 63.0 Å². The monoisotopic (exact) mass is 354 g/mol. The normalized spacial score (nSPS) is 10.4. The van der Waals surface area contributed by atoms with Crippen molar-refractivity contribution in [1.82, 2.24) is 0 Å². The van der Waals surface area contributed by atoms with Crippen LogP contribution in [0, 0.1) is 34.0 Å². The predicted molar refractivity (Wildman–Crippen MR) is 90.2 cm³/mol. The van der Waals surface area contributed by atoms with Crippen molar-refractivity contribution in [3.63, 3.8) is 0 Å². The van der Waals surface area contributed by atoms with Crippen LogP contribution in [0.1, 0.15) is 5.76 Å². The molecular formula is C17H8Cl2N4O. The molecule has 116 valence electrons. The van der Waals surface area contributed by atoms with Gasteiger partial charge in [0.1, 0.15) is 29.7 Å². The average Bonchev–Trinajstić information content (AvgIpc) is 3.04. The number of furan rings is 1. The Hall–Kier alpha value is -3.17. The minimum Gasteiger partial charge on any atom is -0.457 e. The van der Waals surface area contributed by atoms with Crippen molar-refractivity contribution in [2.75, 3.05) is 0 Å². The standard InChI is InChI=1S/C17H8Cl2N4O/c18-14-3-1-10(6-15(14)19)16-4-2-13(24-16)5-11(7-20)17(23)12(8-21)9-22/h1-6H,23H2. The molecule has 5 nitrogen and oxygen atoms in total. The van der Waals surface area contributed by atoms with E-state index in [9.17, 15) is 0 Å². The van der Waals surface area contributed by atoms with Gasteiger partial charge < -0.3 is 10.2 Å². The molecule has 0 fully saturated rings. The maximum atomic E-state index is 9.16. The molecule has 0 spiro atoms. The SMILES string of the molecule is N#CC(=Cc1ccc(-c2ccc(Cl)c(Cl)c2)o1)C(N)=C(C#N)C#N. The fourth-order valence-electron chi connectivity index (χ4n) is 1.83. The maximum absolute atomic E-state index is 9.16. The summed E-state index contributed by atoms with van der Waals surface area (Å²) in [6.07, 6.45) is 1.35. The average molecular weight is 355 g/mol. The Morgan fingerprint density at radius 3 is 2.29 bits per heavy atom. The lowest BCUT2D eigenvalue weighted by atomic mass is 10.1. The fourth-order valence-corrected chi connectivity index (χ4v) is 2.13. The van der Waals surface area contributed by atoms with E-state index in [1.165, 1.54) is 6.08 Å². The lowest BCUT2D eigenvalue weighted by molar-refractivity contribution is 0.571. The number of benzene rings is 1. The Bertz CT molecular complexity index is 965. The second-order valence-corrected chi connectivity index (χ2v) is 5.33. The van der Waals surface area contributed by atoms with Gasteiger partial charge in [-0.15, -0.1) is 0 Å². The molecule has 0 radical (unpaired) electrons. The fraction of sp³-hybridized carbons (Fsp3) is 0. The van der Waals surface area contributed by atoms with Crippen molar-refractivity contribution >= 4 is 29.3 Å². The van der Waals surface area contributed by atoms with Gasteiger partial charge in [-0.1, -0.05) is 23.2 Å². The highest BCUT2D eigenvalue weighted by atomic mass is 35.5. The van der Waals surface area contributed by atoms with Crippen LogP contribution in [0.15, 0.2) is 51.6 Å². The van der Waals surface area contributed by atoms with E-state index in [1.54, 1.807) is 42.5 Å². The smallest absolute Gasteiger partial charge is 0.153 e. The third kappa shape index (κ3) is 3.59. The lowest BCUT2D eigenvalue weighted by Gasteiger charge is -2.00. The van der Waals surface area contributed by atoms with Crippen LogP contribution in [-0.4, -0.2) is 0 Å². The zero-order chi connectivity index (χ0) is 17.7. The molecule has 0 saturated heterocycles. The highest BCUT2D eigenvalue weighted by Crippen LogP contribution is 2.30. The van der Waals surface area contributed by atoms with Crippen LogP contribution < -0.4 is 5.73 Å². The molecule has 0 amide bonds. The van der Waals surface area contributed by atoms with E-state index in [4.69, 9.17) is 49.1 Å². The molecule has 0 bridgehead atoms. The summed E-state index contributed by atoms with van der Waals surface area (Å²) < 4.78 is 5.62. The number of allylic oxidation sites excluding steroid dienone is 2. The van der Waals surface area contributed by atoms with E-state index >= 15 is 0 Å². The Kier molecular flexibility index (Phi) is 5.30. The number of halogens is 2. The van der Waals surface area contributed by atoms with Crippen LogP contribution in [0.4, 0.5) is 0 Å². The minimum absolute atomic E-state index is 0.0388. The molecule has 2 N–H and O–H groups in total. The van der Waals surface area contributed by atoms with Crippen molar-refractivity contribution in [2.45, 2.75) is 0 Å². The van der Waals surface area contributed by atoms with Crippen LogP contribution in [-0.2, 0) is 0 Å². The molecule has 1 aromatic carbocycles. The molecule has 0 aliphatic heterocycles. The van der Waals surface area contributed by atoms with Gasteiger partial charge in [0.15, 0.2) is 5.57 Å². The first kappa shape index (κ1) is 17.2. The van der Waals surface area contributed by atoms with Gasteiger partial charge in [0.2, 0.25) is 0 Å². The molecule has 0 unspecified atom stereocenters. The van der Waals surface area contributed by atoms with Gasteiger partial charge in [-0.2, -0.15) is 15.8 Å². The molecule has 0 atom stereocenters. The highest BCUT2D eigenvalue weighted by molar-refractivity contribution is 6.42. The molecule has 0 aliphatic rings. The minimum atomic E-state index is -0.334. The molecule has 7 heteroatoms. The van der Waals surface area contributed by atoms with Crippen molar-refractivity contribution < 1.29 is 4.42 Å². The summed E-state index contributed by atoms with van der Waals surface area (Å²) in [6, 6.07) is 13.5. The van der Waals surface area contributed by atoms with Crippen LogP contribution in [0.25, 0.3) is 17.4 Å². The second kappa shape index (κ2) is 7.40. The van der Waals surface area contributed by atoms with E-state index in [-0.39, 0.29) is 16.8 Å². The Morgan fingerprint density at radius 2 is 1.71 bits per heavy atom.